The van der Waals surface area contributed by atoms with Crippen LogP contribution in [0.1, 0.15) is 59.3 Å². The van der Waals surface area contributed by atoms with Gasteiger partial charge in [0.15, 0.2) is 0 Å². The van der Waals surface area contributed by atoms with Gasteiger partial charge in [-0.05, 0) is 62.2 Å². The van der Waals surface area contributed by atoms with E-state index in [9.17, 15) is 15.0 Å². The van der Waals surface area contributed by atoms with Crippen LogP contribution in [-0.4, -0.2) is 28.2 Å². The molecule has 3 nitrogen and oxygen atoms in total. The molecule has 3 heteroatoms. The minimum atomic E-state index is -0.388. The largest absolute Gasteiger partial charge is 0.393 e. The summed E-state index contributed by atoms with van der Waals surface area (Å²) in [5.74, 6) is 0.950. The van der Waals surface area contributed by atoms with E-state index in [4.69, 9.17) is 0 Å². The van der Waals surface area contributed by atoms with Crippen molar-refractivity contribution in [2.75, 3.05) is 0 Å². The van der Waals surface area contributed by atoms with Crippen molar-refractivity contribution in [3.8, 4) is 0 Å². The van der Waals surface area contributed by atoms with Crippen LogP contribution in [0.25, 0.3) is 0 Å². The SMILES string of the molecule is CC(=O)[C@H]1CC[C@H]2C3=CC=C4C[C@@H](O)CC[C@]4(C)[C@H]3[C@H](O)C[C@]12C. The first-order chi connectivity index (χ1) is 11.3. The molecule has 4 aliphatic carbocycles. The van der Waals surface area contributed by atoms with Gasteiger partial charge in [-0.2, -0.15) is 0 Å². The van der Waals surface area contributed by atoms with Gasteiger partial charge in [-0.1, -0.05) is 37.1 Å². The summed E-state index contributed by atoms with van der Waals surface area (Å²) in [5.41, 5.74) is 2.56. The molecule has 0 aromatic heterocycles. The molecule has 0 unspecified atom stereocenters. The fourth-order valence-electron chi connectivity index (χ4n) is 6.78. The molecule has 3 fully saturated rings. The third-order valence-corrected chi connectivity index (χ3v) is 7.97. The Kier molecular flexibility index (Phi) is 3.64. The summed E-state index contributed by atoms with van der Waals surface area (Å²) < 4.78 is 0. The molecule has 0 bridgehead atoms. The van der Waals surface area contributed by atoms with Gasteiger partial charge in [-0.15, -0.1) is 0 Å². The van der Waals surface area contributed by atoms with Crippen molar-refractivity contribution in [3.05, 3.63) is 23.3 Å². The van der Waals surface area contributed by atoms with Crippen molar-refractivity contribution >= 4 is 5.78 Å². The van der Waals surface area contributed by atoms with Crippen LogP contribution in [0.5, 0.6) is 0 Å². The van der Waals surface area contributed by atoms with Gasteiger partial charge in [0, 0.05) is 11.8 Å². The molecule has 0 spiro atoms. The van der Waals surface area contributed by atoms with E-state index in [0.717, 1.165) is 38.5 Å². The maximum absolute atomic E-state index is 12.2. The predicted molar refractivity (Wildman–Crippen MR) is 93.2 cm³/mol. The summed E-state index contributed by atoms with van der Waals surface area (Å²) in [4.78, 5) is 12.2. The molecule has 0 radical (unpaired) electrons. The molecule has 0 aliphatic heterocycles. The Morgan fingerprint density at radius 3 is 2.62 bits per heavy atom. The number of ketones is 1. The minimum absolute atomic E-state index is 0.0294. The van der Waals surface area contributed by atoms with E-state index in [1.807, 2.05) is 0 Å². The number of allylic oxidation sites excluding steroid dienone is 2. The van der Waals surface area contributed by atoms with Crippen molar-refractivity contribution in [1.29, 1.82) is 0 Å². The Bertz CT molecular complexity index is 633. The molecule has 0 aromatic carbocycles. The van der Waals surface area contributed by atoms with E-state index < -0.39 is 0 Å². The van der Waals surface area contributed by atoms with Crippen LogP contribution in [0.2, 0.25) is 0 Å². The van der Waals surface area contributed by atoms with Gasteiger partial charge in [0.1, 0.15) is 5.78 Å². The van der Waals surface area contributed by atoms with Crippen LogP contribution in [0.15, 0.2) is 23.3 Å². The molecule has 0 heterocycles. The lowest BCUT2D eigenvalue weighted by atomic mass is 9.49. The Hall–Kier alpha value is -0.930. The van der Waals surface area contributed by atoms with Crippen molar-refractivity contribution in [1.82, 2.24) is 0 Å². The predicted octanol–water partition coefficient (Wildman–Crippen LogP) is 3.41. The number of aliphatic hydroxyl groups is 2. The minimum Gasteiger partial charge on any atom is -0.393 e. The van der Waals surface area contributed by atoms with E-state index in [0.29, 0.717) is 5.92 Å². The molecule has 4 aliphatic rings. The fraction of sp³-hybridized carbons (Fsp3) is 0.762. The molecular weight excluding hydrogens is 300 g/mol. The zero-order valence-electron chi connectivity index (χ0n) is 15.1. The second kappa shape index (κ2) is 5.28. The molecular formula is C21H30O3. The number of carbonyl (C=O) groups excluding carboxylic acids is 1. The Balaban J connectivity index is 1.77. The van der Waals surface area contributed by atoms with Gasteiger partial charge < -0.3 is 10.2 Å². The Morgan fingerprint density at radius 2 is 1.92 bits per heavy atom. The van der Waals surface area contributed by atoms with Gasteiger partial charge in [-0.25, -0.2) is 0 Å². The van der Waals surface area contributed by atoms with Crippen LogP contribution in [0, 0.1) is 28.6 Å². The van der Waals surface area contributed by atoms with Crippen LogP contribution in [0.4, 0.5) is 0 Å². The topological polar surface area (TPSA) is 57.5 Å². The fourth-order valence-corrected chi connectivity index (χ4v) is 6.78. The summed E-state index contributed by atoms with van der Waals surface area (Å²) in [6, 6.07) is 0. The van der Waals surface area contributed by atoms with Gasteiger partial charge in [0.2, 0.25) is 0 Å². The lowest BCUT2D eigenvalue weighted by Crippen LogP contribution is -2.52. The zero-order valence-corrected chi connectivity index (χ0v) is 15.1. The van der Waals surface area contributed by atoms with Crippen LogP contribution < -0.4 is 0 Å². The molecule has 0 saturated heterocycles. The van der Waals surface area contributed by atoms with E-state index in [-0.39, 0.29) is 40.7 Å². The van der Waals surface area contributed by atoms with Gasteiger partial charge in [-0.3, -0.25) is 4.79 Å². The number of hydrogen-bond donors (Lipinski definition) is 2. The van der Waals surface area contributed by atoms with E-state index in [1.54, 1.807) is 6.92 Å². The molecule has 7 atom stereocenters. The number of carbonyl (C=O) groups is 1. The number of hydrogen-bond acceptors (Lipinski definition) is 3. The van der Waals surface area contributed by atoms with Crippen molar-refractivity contribution in [3.63, 3.8) is 0 Å². The van der Waals surface area contributed by atoms with E-state index >= 15 is 0 Å². The monoisotopic (exact) mass is 330 g/mol. The summed E-state index contributed by atoms with van der Waals surface area (Å²) in [7, 11) is 0. The van der Waals surface area contributed by atoms with Gasteiger partial charge in [0.25, 0.3) is 0 Å². The molecule has 3 saturated carbocycles. The molecule has 2 N–H and O–H groups in total. The maximum Gasteiger partial charge on any atom is 0.133 e. The first kappa shape index (κ1) is 16.5. The third kappa shape index (κ3) is 2.07. The lowest BCUT2D eigenvalue weighted by molar-refractivity contribution is -0.126. The highest BCUT2D eigenvalue weighted by molar-refractivity contribution is 5.79. The number of Topliss-reactive ketones (excluding diaryl/α,β-unsaturated/α-hetero) is 1. The summed E-state index contributed by atoms with van der Waals surface area (Å²) in [6.07, 6.45) is 9.08. The molecule has 0 aromatic rings. The number of aliphatic hydroxyl groups excluding tert-OH is 2. The average Bonchev–Trinajstić information content (AvgIpc) is 2.84. The summed E-state index contributed by atoms with van der Waals surface area (Å²) >= 11 is 0. The second-order valence-corrected chi connectivity index (χ2v) is 9.22. The summed E-state index contributed by atoms with van der Waals surface area (Å²) in [5, 5.41) is 21.2. The standard InChI is InChI=1S/C21H30O3/c1-12(22)16-6-7-17-15-5-4-13-10-14(23)8-9-20(13,2)19(15)18(24)11-21(16,17)3/h4-5,14,16-19,23-24H,6-11H2,1-3H3/t14-,16+,17-,18+,19+,20-,21+/m0/s1. The smallest absolute Gasteiger partial charge is 0.133 e. The van der Waals surface area contributed by atoms with Gasteiger partial charge in [0.05, 0.1) is 12.2 Å². The zero-order chi connectivity index (χ0) is 17.3. The van der Waals surface area contributed by atoms with Crippen molar-refractivity contribution in [2.45, 2.75) is 71.5 Å². The highest BCUT2D eigenvalue weighted by atomic mass is 16.3. The first-order valence-corrected chi connectivity index (χ1v) is 9.55. The third-order valence-electron chi connectivity index (χ3n) is 7.97. The van der Waals surface area contributed by atoms with E-state index in [2.05, 4.69) is 26.0 Å². The molecule has 24 heavy (non-hydrogen) atoms. The maximum atomic E-state index is 12.2. The number of rotatable bonds is 1. The van der Waals surface area contributed by atoms with Crippen molar-refractivity contribution < 1.29 is 15.0 Å². The number of fused-ring (bicyclic) bond motifs is 5. The Morgan fingerprint density at radius 1 is 1.17 bits per heavy atom. The molecule has 0 amide bonds. The van der Waals surface area contributed by atoms with E-state index in [1.165, 1.54) is 11.1 Å². The molecule has 132 valence electrons. The highest BCUT2D eigenvalue weighted by Gasteiger charge is 2.60. The second-order valence-electron chi connectivity index (χ2n) is 9.22. The van der Waals surface area contributed by atoms with Crippen molar-refractivity contribution in [2.24, 2.45) is 28.6 Å². The van der Waals surface area contributed by atoms with Crippen LogP contribution >= 0.6 is 0 Å². The first-order valence-electron chi connectivity index (χ1n) is 9.55. The highest BCUT2D eigenvalue weighted by Crippen LogP contribution is 2.64. The lowest BCUT2D eigenvalue weighted by Gasteiger charge is -2.56. The van der Waals surface area contributed by atoms with Gasteiger partial charge >= 0.3 is 0 Å². The van der Waals surface area contributed by atoms with Crippen LogP contribution in [-0.2, 0) is 4.79 Å². The normalized spacial score (nSPS) is 50.3. The van der Waals surface area contributed by atoms with Crippen LogP contribution in [0.3, 0.4) is 0 Å². The quantitative estimate of drug-likeness (QED) is 0.775. The average molecular weight is 330 g/mol. The summed E-state index contributed by atoms with van der Waals surface area (Å²) in [6.45, 7) is 6.22. The Labute approximate surface area is 144 Å². The molecule has 4 rings (SSSR count).